The summed E-state index contributed by atoms with van der Waals surface area (Å²) >= 11 is 0. The Balaban J connectivity index is 0.00000169. The highest BCUT2D eigenvalue weighted by molar-refractivity contribution is 5.84. The van der Waals surface area contributed by atoms with Gasteiger partial charge in [-0.3, -0.25) is 5.32 Å². The van der Waals surface area contributed by atoms with Crippen molar-refractivity contribution < 1.29 is 11.0 Å². The minimum Gasteiger partial charge on any atom is -0.450 e. The smallest absolute Gasteiger partial charge is 0.411 e. The molecule has 0 heterocycles. The lowest BCUT2D eigenvalue weighted by Gasteiger charge is -2.04. The summed E-state index contributed by atoms with van der Waals surface area (Å²) in [5, 5.41) is 2.61. The van der Waals surface area contributed by atoms with Crippen LogP contribution >= 0.6 is 0 Å². The van der Waals surface area contributed by atoms with E-state index in [0.29, 0.717) is 6.61 Å². The van der Waals surface area contributed by atoms with Crippen LogP contribution in [0.15, 0.2) is 24.3 Å². The summed E-state index contributed by atoms with van der Waals surface area (Å²) in [5.74, 6) is 0. The van der Waals surface area contributed by atoms with Crippen LogP contribution in [-0.4, -0.2) is 12.7 Å². The molecule has 3 nitrogen and oxygen atoms in total. The Kier molecular flexibility index (Phi) is 3.31. The second-order valence-corrected chi connectivity index (χ2v) is 2.71. The van der Waals surface area contributed by atoms with Gasteiger partial charge in [0.1, 0.15) is 0 Å². The number of amides is 1. The number of carbonyl (C=O) groups excluding carboxylic acids is 1. The van der Waals surface area contributed by atoms with Gasteiger partial charge in [-0.2, -0.15) is 0 Å². The van der Waals surface area contributed by atoms with Crippen LogP contribution in [0.3, 0.4) is 0 Å². The maximum Gasteiger partial charge on any atom is 0.411 e. The van der Waals surface area contributed by atoms with E-state index in [4.69, 9.17) is 4.74 Å². The molecule has 1 aromatic rings. The first-order valence-corrected chi connectivity index (χ1v) is 4.23. The molecular weight excluding hydrogens is 166 g/mol. The van der Waals surface area contributed by atoms with E-state index in [2.05, 4.69) is 5.32 Å². The third-order valence-electron chi connectivity index (χ3n) is 1.57. The molecule has 1 N–H and O–H groups in total. The molecule has 0 saturated heterocycles. The van der Waals surface area contributed by atoms with E-state index in [1.54, 1.807) is 6.92 Å². The highest BCUT2D eigenvalue weighted by Crippen LogP contribution is 2.08. The standard InChI is InChI=1S/C10H13NO2.H2/c1-3-13-10(12)11-9-6-4-8(2)5-7-9;/h4-7H,3H2,1-2H3,(H,11,12);1H. The molecule has 3 heteroatoms. The number of rotatable bonds is 2. The largest absolute Gasteiger partial charge is 0.450 e. The molecule has 13 heavy (non-hydrogen) atoms. The molecule has 0 aliphatic heterocycles. The van der Waals surface area contributed by atoms with Gasteiger partial charge < -0.3 is 4.74 Å². The van der Waals surface area contributed by atoms with Crippen LogP contribution in [0, 0.1) is 6.92 Å². The number of anilines is 1. The van der Waals surface area contributed by atoms with Crippen LogP contribution in [0.2, 0.25) is 0 Å². The molecule has 0 atom stereocenters. The number of hydrogen-bond donors (Lipinski definition) is 1. The molecule has 0 aliphatic carbocycles. The van der Waals surface area contributed by atoms with Gasteiger partial charge in [0, 0.05) is 7.11 Å². The number of hydrogen-bond acceptors (Lipinski definition) is 2. The summed E-state index contributed by atoms with van der Waals surface area (Å²) in [4.78, 5) is 11.0. The lowest BCUT2D eigenvalue weighted by atomic mass is 10.2. The van der Waals surface area contributed by atoms with Crippen molar-refractivity contribution in [3.63, 3.8) is 0 Å². The maximum absolute atomic E-state index is 11.0. The Bertz CT molecular complexity index is 285. The average Bonchev–Trinajstić information content (AvgIpc) is 2.09. The molecule has 0 spiro atoms. The molecule has 0 saturated carbocycles. The molecule has 72 valence electrons. The van der Waals surface area contributed by atoms with Crippen molar-refractivity contribution >= 4 is 11.8 Å². The van der Waals surface area contributed by atoms with Crippen LogP contribution in [0.4, 0.5) is 10.5 Å². The van der Waals surface area contributed by atoms with Crippen LogP contribution in [0.25, 0.3) is 0 Å². The van der Waals surface area contributed by atoms with E-state index in [9.17, 15) is 4.79 Å². The molecule has 0 radical (unpaired) electrons. The monoisotopic (exact) mass is 181 g/mol. The van der Waals surface area contributed by atoms with Crippen LogP contribution in [-0.2, 0) is 4.74 Å². The fraction of sp³-hybridized carbons (Fsp3) is 0.300. The van der Waals surface area contributed by atoms with Gasteiger partial charge >= 0.3 is 6.09 Å². The second kappa shape index (κ2) is 4.50. The topological polar surface area (TPSA) is 38.3 Å². The maximum atomic E-state index is 11.0. The van der Waals surface area contributed by atoms with E-state index in [1.165, 1.54) is 0 Å². The Labute approximate surface area is 79.2 Å². The minimum atomic E-state index is -0.411. The summed E-state index contributed by atoms with van der Waals surface area (Å²) < 4.78 is 4.73. The first kappa shape index (κ1) is 9.58. The number of nitrogens with one attached hydrogen (secondary N) is 1. The van der Waals surface area contributed by atoms with Crippen molar-refractivity contribution in [2.45, 2.75) is 13.8 Å². The summed E-state index contributed by atoms with van der Waals surface area (Å²) in [6.07, 6.45) is -0.411. The summed E-state index contributed by atoms with van der Waals surface area (Å²) in [6, 6.07) is 7.54. The Morgan fingerprint density at radius 1 is 1.46 bits per heavy atom. The van der Waals surface area contributed by atoms with Crippen molar-refractivity contribution in [1.29, 1.82) is 0 Å². The average molecular weight is 181 g/mol. The number of aryl methyl sites for hydroxylation is 1. The van der Waals surface area contributed by atoms with Crippen molar-refractivity contribution in [3.8, 4) is 0 Å². The van der Waals surface area contributed by atoms with E-state index < -0.39 is 6.09 Å². The molecule has 1 rings (SSSR count). The third kappa shape index (κ3) is 3.15. The normalized spacial score (nSPS) is 9.38. The molecule has 0 unspecified atom stereocenters. The minimum absolute atomic E-state index is 0. The quantitative estimate of drug-likeness (QED) is 0.761. The molecule has 0 aliphatic rings. The van der Waals surface area contributed by atoms with Crippen molar-refractivity contribution in [2.24, 2.45) is 0 Å². The van der Waals surface area contributed by atoms with Gasteiger partial charge in [0.15, 0.2) is 0 Å². The van der Waals surface area contributed by atoms with E-state index in [-0.39, 0.29) is 1.43 Å². The number of ether oxygens (including phenoxy) is 1. The Hall–Kier alpha value is -1.51. The molecule has 0 fully saturated rings. The lowest BCUT2D eigenvalue weighted by Crippen LogP contribution is -2.12. The van der Waals surface area contributed by atoms with E-state index in [0.717, 1.165) is 11.3 Å². The zero-order chi connectivity index (χ0) is 9.68. The highest BCUT2D eigenvalue weighted by atomic mass is 16.5. The summed E-state index contributed by atoms with van der Waals surface area (Å²) in [5.41, 5.74) is 1.92. The second-order valence-electron chi connectivity index (χ2n) is 2.71. The van der Waals surface area contributed by atoms with Gasteiger partial charge in [0.25, 0.3) is 0 Å². The summed E-state index contributed by atoms with van der Waals surface area (Å²) in [6.45, 7) is 4.15. The number of carbonyl (C=O) groups is 1. The zero-order valence-corrected chi connectivity index (χ0v) is 7.83. The fourth-order valence-corrected chi connectivity index (χ4v) is 0.922. The first-order chi connectivity index (χ1) is 6.22. The van der Waals surface area contributed by atoms with Gasteiger partial charge in [0.05, 0.1) is 6.61 Å². The molecule has 0 bridgehead atoms. The fourth-order valence-electron chi connectivity index (χ4n) is 0.922. The van der Waals surface area contributed by atoms with Gasteiger partial charge in [-0.15, -0.1) is 0 Å². The van der Waals surface area contributed by atoms with Crippen molar-refractivity contribution in [2.75, 3.05) is 11.9 Å². The van der Waals surface area contributed by atoms with Crippen molar-refractivity contribution in [1.82, 2.24) is 0 Å². The Morgan fingerprint density at radius 2 is 2.08 bits per heavy atom. The van der Waals surface area contributed by atoms with Crippen molar-refractivity contribution in [3.05, 3.63) is 29.8 Å². The van der Waals surface area contributed by atoms with E-state index >= 15 is 0 Å². The van der Waals surface area contributed by atoms with Gasteiger partial charge in [-0.1, -0.05) is 17.7 Å². The summed E-state index contributed by atoms with van der Waals surface area (Å²) in [7, 11) is 0. The highest BCUT2D eigenvalue weighted by Gasteiger charge is 1.99. The first-order valence-electron chi connectivity index (χ1n) is 4.23. The Morgan fingerprint density at radius 3 is 2.62 bits per heavy atom. The van der Waals surface area contributed by atoms with Crippen LogP contribution in [0.1, 0.15) is 13.9 Å². The lowest BCUT2D eigenvalue weighted by molar-refractivity contribution is 0.168. The molecule has 0 aromatic heterocycles. The zero-order valence-electron chi connectivity index (χ0n) is 7.83. The third-order valence-corrected chi connectivity index (χ3v) is 1.57. The van der Waals surface area contributed by atoms with E-state index in [1.807, 2.05) is 31.2 Å². The predicted octanol–water partition coefficient (Wildman–Crippen LogP) is 2.81. The molecule has 1 aromatic carbocycles. The molecular formula is C10H15NO2. The number of benzene rings is 1. The van der Waals surface area contributed by atoms with Crippen LogP contribution < -0.4 is 5.32 Å². The van der Waals surface area contributed by atoms with Crippen LogP contribution in [0.5, 0.6) is 0 Å². The SMILES string of the molecule is CCOC(=O)Nc1ccc(C)cc1.[HH]. The van der Waals surface area contributed by atoms with Gasteiger partial charge in [0.2, 0.25) is 0 Å². The van der Waals surface area contributed by atoms with Gasteiger partial charge in [-0.25, -0.2) is 4.79 Å². The molecule has 1 amide bonds. The predicted molar refractivity (Wildman–Crippen MR) is 53.9 cm³/mol. The van der Waals surface area contributed by atoms with Gasteiger partial charge in [-0.05, 0) is 26.0 Å².